The van der Waals surface area contributed by atoms with E-state index in [0.29, 0.717) is 17.5 Å². The molecule has 2 N–H and O–H groups in total. The van der Waals surface area contributed by atoms with Crippen molar-refractivity contribution < 1.29 is 9.50 Å². The summed E-state index contributed by atoms with van der Waals surface area (Å²) in [4.78, 5) is 2.22. The van der Waals surface area contributed by atoms with E-state index in [1.807, 2.05) is 6.92 Å². The third kappa shape index (κ3) is 3.19. The average molecular weight is 278 g/mol. The number of rotatable bonds is 4. The number of halogens is 1. The number of phenols is 1. The Morgan fingerprint density at radius 2 is 2.10 bits per heavy atom. The summed E-state index contributed by atoms with van der Waals surface area (Å²) in [5.41, 5.74) is 2.12. The van der Waals surface area contributed by atoms with Crippen LogP contribution in [0.2, 0.25) is 0 Å². The van der Waals surface area contributed by atoms with Crippen LogP contribution in [0.1, 0.15) is 30.5 Å². The summed E-state index contributed by atoms with van der Waals surface area (Å²) in [6, 6.07) is 2.91. The van der Waals surface area contributed by atoms with Crippen LogP contribution in [0.3, 0.4) is 0 Å². The van der Waals surface area contributed by atoms with Gasteiger partial charge in [-0.15, -0.1) is 6.58 Å². The second-order valence-corrected chi connectivity index (χ2v) is 5.59. The van der Waals surface area contributed by atoms with Gasteiger partial charge in [0, 0.05) is 37.8 Å². The molecule has 2 rings (SSSR count). The molecule has 0 aliphatic carbocycles. The van der Waals surface area contributed by atoms with Gasteiger partial charge >= 0.3 is 0 Å². The van der Waals surface area contributed by atoms with Gasteiger partial charge in [-0.25, -0.2) is 4.39 Å². The van der Waals surface area contributed by atoms with Crippen molar-refractivity contribution in [2.75, 3.05) is 26.2 Å². The van der Waals surface area contributed by atoms with Crippen molar-refractivity contribution in [3.8, 4) is 5.75 Å². The molecule has 1 aromatic carbocycles. The van der Waals surface area contributed by atoms with Crippen molar-refractivity contribution in [2.24, 2.45) is 0 Å². The van der Waals surface area contributed by atoms with Crippen molar-refractivity contribution in [2.45, 2.75) is 26.3 Å². The SMILES string of the molecule is C=C(C)C[C@H](c1c(F)ccc(C)c1O)N1CCNCC1. The number of phenolic OH excluding ortho intramolecular Hbond substituents is 1. The number of benzene rings is 1. The van der Waals surface area contributed by atoms with E-state index in [2.05, 4.69) is 16.8 Å². The van der Waals surface area contributed by atoms with E-state index in [1.165, 1.54) is 6.07 Å². The van der Waals surface area contributed by atoms with Gasteiger partial charge < -0.3 is 10.4 Å². The monoisotopic (exact) mass is 278 g/mol. The Bertz CT molecular complexity index is 495. The molecule has 1 saturated heterocycles. The summed E-state index contributed by atoms with van der Waals surface area (Å²) in [6.07, 6.45) is 0.661. The molecule has 0 radical (unpaired) electrons. The lowest BCUT2D eigenvalue weighted by molar-refractivity contribution is 0.166. The van der Waals surface area contributed by atoms with Crippen molar-refractivity contribution in [3.05, 3.63) is 41.2 Å². The molecule has 4 heteroatoms. The Hall–Kier alpha value is -1.39. The number of hydrogen-bond acceptors (Lipinski definition) is 3. The molecule has 1 aliphatic rings. The normalized spacial score (nSPS) is 17.9. The van der Waals surface area contributed by atoms with E-state index in [9.17, 15) is 9.50 Å². The molecule has 20 heavy (non-hydrogen) atoms. The van der Waals surface area contributed by atoms with Gasteiger partial charge in [-0.05, 0) is 31.9 Å². The molecular weight excluding hydrogens is 255 g/mol. The Balaban J connectivity index is 2.40. The van der Waals surface area contributed by atoms with Crippen LogP contribution in [-0.4, -0.2) is 36.2 Å². The van der Waals surface area contributed by atoms with Gasteiger partial charge in [0.15, 0.2) is 0 Å². The first-order chi connectivity index (χ1) is 9.50. The Labute approximate surface area is 120 Å². The number of aromatic hydroxyl groups is 1. The number of aryl methyl sites for hydroxylation is 1. The van der Waals surface area contributed by atoms with Gasteiger partial charge in [0.1, 0.15) is 11.6 Å². The number of piperazine rings is 1. The second-order valence-electron chi connectivity index (χ2n) is 5.59. The van der Waals surface area contributed by atoms with Crippen LogP contribution < -0.4 is 5.32 Å². The van der Waals surface area contributed by atoms with Gasteiger partial charge in [-0.2, -0.15) is 0 Å². The molecule has 1 aliphatic heterocycles. The maximum absolute atomic E-state index is 14.3. The molecule has 1 fully saturated rings. The first-order valence-electron chi connectivity index (χ1n) is 7.08. The highest BCUT2D eigenvalue weighted by molar-refractivity contribution is 5.43. The standard InChI is InChI=1S/C16H23FN2O/c1-11(2)10-14(19-8-6-18-7-9-19)15-13(17)5-4-12(3)16(15)20/h4-5,14,18,20H,1,6-10H2,2-3H3/t14-/m1/s1. The molecular formula is C16H23FN2O. The summed E-state index contributed by atoms with van der Waals surface area (Å²) >= 11 is 0. The molecule has 0 saturated carbocycles. The van der Waals surface area contributed by atoms with Gasteiger partial charge in [0.05, 0.1) is 0 Å². The Kier molecular flexibility index (Phi) is 4.78. The van der Waals surface area contributed by atoms with E-state index in [4.69, 9.17) is 0 Å². The van der Waals surface area contributed by atoms with Crippen molar-refractivity contribution in [1.29, 1.82) is 0 Å². The molecule has 0 amide bonds. The quantitative estimate of drug-likeness (QED) is 0.831. The fraction of sp³-hybridized carbons (Fsp3) is 0.500. The number of nitrogens with one attached hydrogen (secondary N) is 1. The molecule has 1 aromatic rings. The zero-order chi connectivity index (χ0) is 14.7. The molecule has 0 spiro atoms. The second kappa shape index (κ2) is 6.37. The average Bonchev–Trinajstić information content (AvgIpc) is 2.43. The highest BCUT2D eigenvalue weighted by Crippen LogP contribution is 2.37. The van der Waals surface area contributed by atoms with Gasteiger partial charge in [-0.1, -0.05) is 11.6 Å². The Morgan fingerprint density at radius 1 is 1.45 bits per heavy atom. The fourth-order valence-electron chi connectivity index (χ4n) is 2.75. The zero-order valence-electron chi connectivity index (χ0n) is 12.2. The highest BCUT2D eigenvalue weighted by Gasteiger charge is 2.27. The topological polar surface area (TPSA) is 35.5 Å². The summed E-state index contributed by atoms with van der Waals surface area (Å²) in [6.45, 7) is 11.2. The first-order valence-corrected chi connectivity index (χ1v) is 7.08. The molecule has 3 nitrogen and oxygen atoms in total. The maximum Gasteiger partial charge on any atom is 0.131 e. The molecule has 0 bridgehead atoms. The van der Waals surface area contributed by atoms with Crippen LogP contribution in [0.4, 0.5) is 4.39 Å². The fourth-order valence-corrected chi connectivity index (χ4v) is 2.75. The maximum atomic E-state index is 14.3. The lowest BCUT2D eigenvalue weighted by Crippen LogP contribution is -2.45. The van der Waals surface area contributed by atoms with E-state index in [0.717, 1.165) is 31.8 Å². The van der Waals surface area contributed by atoms with E-state index in [-0.39, 0.29) is 17.6 Å². The summed E-state index contributed by atoms with van der Waals surface area (Å²) in [7, 11) is 0. The molecule has 1 atom stereocenters. The minimum atomic E-state index is -0.335. The predicted molar refractivity (Wildman–Crippen MR) is 79.4 cm³/mol. The third-order valence-electron chi connectivity index (χ3n) is 3.83. The summed E-state index contributed by atoms with van der Waals surface area (Å²) < 4.78 is 14.3. The van der Waals surface area contributed by atoms with Crippen LogP contribution in [0, 0.1) is 12.7 Å². The lowest BCUT2D eigenvalue weighted by atomic mass is 9.95. The lowest BCUT2D eigenvalue weighted by Gasteiger charge is -2.36. The molecule has 0 aromatic heterocycles. The third-order valence-corrected chi connectivity index (χ3v) is 3.83. The van der Waals surface area contributed by atoms with Gasteiger partial charge in [0.2, 0.25) is 0 Å². The van der Waals surface area contributed by atoms with Crippen LogP contribution in [0.25, 0.3) is 0 Å². The molecule has 1 heterocycles. The predicted octanol–water partition coefficient (Wildman–Crippen LogP) is 2.75. The van der Waals surface area contributed by atoms with E-state index < -0.39 is 0 Å². The van der Waals surface area contributed by atoms with Gasteiger partial charge in [-0.3, -0.25) is 4.90 Å². The van der Waals surface area contributed by atoms with Crippen LogP contribution >= 0.6 is 0 Å². The van der Waals surface area contributed by atoms with Crippen molar-refractivity contribution in [1.82, 2.24) is 10.2 Å². The van der Waals surface area contributed by atoms with Gasteiger partial charge in [0.25, 0.3) is 0 Å². The highest BCUT2D eigenvalue weighted by atomic mass is 19.1. The van der Waals surface area contributed by atoms with Crippen LogP contribution in [0.5, 0.6) is 5.75 Å². The van der Waals surface area contributed by atoms with Crippen molar-refractivity contribution in [3.63, 3.8) is 0 Å². The number of nitrogens with zero attached hydrogens (tertiary/aromatic N) is 1. The molecule has 110 valence electrons. The Morgan fingerprint density at radius 3 is 2.70 bits per heavy atom. The largest absolute Gasteiger partial charge is 0.507 e. The first kappa shape index (κ1) is 15.0. The minimum absolute atomic E-state index is 0.0785. The number of hydrogen-bond donors (Lipinski definition) is 2. The minimum Gasteiger partial charge on any atom is -0.507 e. The van der Waals surface area contributed by atoms with Crippen LogP contribution in [0.15, 0.2) is 24.3 Å². The van der Waals surface area contributed by atoms with E-state index in [1.54, 1.807) is 13.0 Å². The summed E-state index contributed by atoms with van der Waals surface area (Å²) in [5, 5.41) is 13.6. The van der Waals surface area contributed by atoms with Crippen LogP contribution in [-0.2, 0) is 0 Å². The summed E-state index contributed by atoms with van der Waals surface area (Å²) in [5.74, 6) is -0.257. The molecule has 0 unspecified atom stereocenters. The van der Waals surface area contributed by atoms with Crippen molar-refractivity contribution >= 4 is 0 Å². The van der Waals surface area contributed by atoms with E-state index >= 15 is 0 Å². The zero-order valence-corrected chi connectivity index (χ0v) is 12.2. The smallest absolute Gasteiger partial charge is 0.131 e.